The summed E-state index contributed by atoms with van der Waals surface area (Å²) in [6.45, 7) is 2.51. The zero-order valence-electron chi connectivity index (χ0n) is 15.7. The van der Waals surface area contributed by atoms with E-state index in [1.807, 2.05) is 31.2 Å². The highest BCUT2D eigenvalue weighted by molar-refractivity contribution is 6.07. The molecule has 0 aliphatic carbocycles. The highest BCUT2D eigenvalue weighted by atomic mass is 16.5. The summed E-state index contributed by atoms with van der Waals surface area (Å²) < 4.78 is 5.55. The summed E-state index contributed by atoms with van der Waals surface area (Å²) in [5.41, 5.74) is 9.68. The molecule has 4 aromatic rings. The number of ether oxygens (including phenoxy) is 1. The third kappa shape index (κ3) is 3.58. The van der Waals surface area contributed by atoms with Crippen molar-refractivity contribution in [3.8, 4) is 11.5 Å². The van der Waals surface area contributed by atoms with E-state index in [4.69, 9.17) is 10.5 Å². The van der Waals surface area contributed by atoms with Crippen LogP contribution in [-0.4, -0.2) is 23.0 Å². The Kier molecular flexibility index (Phi) is 4.78. The van der Waals surface area contributed by atoms with Crippen LogP contribution < -0.4 is 10.5 Å². The Morgan fingerprint density at radius 2 is 1.76 bits per heavy atom. The van der Waals surface area contributed by atoms with E-state index < -0.39 is 0 Å². The van der Waals surface area contributed by atoms with Crippen LogP contribution in [0.15, 0.2) is 64.8 Å². The number of carbonyl (C=O) groups is 1. The fourth-order valence-corrected chi connectivity index (χ4v) is 3.08. The van der Waals surface area contributed by atoms with Crippen LogP contribution in [-0.2, 0) is 0 Å². The van der Waals surface area contributed by atoms with Crippen LogP contribution in [0.5, 0.6) is 11.5 Å². The summed E-state index contributed by atoms with van der Waals surface area (Å²) in [4.78, 5) is 15.6. The van der Waals surface area contributed by atoms with Crippen molar-refractivity contribution in [2.75, 3.05) is 12.3 Å². The molecule has 7 heteroatoms. The molecule has 0 aliphatic heterocycles. The van der Waals surface area contributed by atoms with E-state index in [2.05, 4.69) is 15.2 Å². The number of rotatable bonds is 5. The van der Waals surface area contributed by atoms with E-state index in [0.717, 1.165) is 22.0 Å². The summed E-state index contributed by atoms with van der Waals surface area (Å²) in [7, 11) is 0. The first-order chi connectivity index (χ1) is 14.1. The quantitative estimate of drug-likeness (QED) is 0.275. The fourth-order valence-electron chi connectivity index (χ4n) is 3.08. The summed E-state index contributed by atoms with van der Waals surface area (Å²) in [6, 6.07) is 15.5. The number of aldehydes is 1. The van der Waals surface area contributed by atoms with Gasteiger partial charge in [-0.3, -0.25) is 4.79 Å². The van der Waals surface area contributed by atoms with Crippen molar-refractivity contribution in [1.82, 2.24) is 4.98 Å². The number of anilines is 1. The van der Waals surface area contributed by atoms with Gasteiger partial charge in [0.2, 0.25) is 0 Å². The molecule has 1 aromatic heterocycles. The standard InChI is InChI=1S/C22H18N4O3/c1-2-29-16-5-7-19-18(11-16)22(23)17-6-3-15(10-20(17)24-19)26-25-14-4-8-21(28)13(9-14)12-27/h3-12,28H,2H2,1H3,(H2,23,24)/b26-25+. The predicted molar refractivity (Wildman–Crippen MR) is 113 cm³/mol. The van der Waals surface area contributed by atoms with Gasteiger partial charge in [0.15, 0.2) is 6.29 Å². The number of hydrogen-bond acceptors (Lipinski definition) is 7. The number of phenols is 1. The lowest BCUT2D eigenvalue weighted by Gasteiger charge is -2.09. The van der Waals surface area contributed by atoms with Crippen molar-refractivity contribution in [2.24, 2.45) is 10.2 Å². The van der Waals surface area contributed by atoms with Crippen molar-refractivity contribution in [1.29, 1.82) is 0 Å². The van der Waals surface area contributed by atoms with Gasteiger partial charge in [0.25, 0.3) is 0 Å². The number of nitrogens with two attached hydrogens (primary N) is 1. The van der Waals surface area contributed by atoms with E-state index in [0.29, 0.717) is 35.5 Å². The van der Waals surface area contributed by atoms with Crippen molar-refractivity contribution in [3.05, 3.63) is 60.2 Å². The van der Waals surface area contributed by atoms with Crippen molar-refractivity contribution < 1.29 is 14.6 Å². The van der Waals surface area contributed by atoms with Gasteiger partial charge in [0.05, 0.1) is 40.3 Å². The third-order valence-electron chi connectivity index (χ3n) is 4.50. The van der Waals surface area contributed by atoms with E-state index in [1.165, 1.54) is 12.1 Å². The molecule has 0 radical (unpaired) electrons. The van der Waals surface area contributed by atoms with Gasteiger partial charge in [-0.15, -0.1) is 0 Å². The number of hydrogen-bond donors (Lipinski definition) is 2. The minimum Gasteiger partial charge on any atom is -0.507 e. The molecule has 29 heavy (non-hydrogen) atoms. The number of fused-ring (bicyclic) bond motifs is 2. The van der Waals surface area contributed by atoms with Gasteiger partial charge in [-0.2, -0.15) is 10.2 Å². The zero-order chi connectivity index (χ0) is 20.4. The fraction of sp³-hybridized carbons (Fsp3) is 0.0909. The van der Waals surface area contributed by atoms with Crippen LogP contribution in [0.2, 0.25) is 0 Å². The Bertz CT molecular complexity index is 1270. The number of aromatic hydroxyl groups is 1. The molecule has 0 amide bonds. The number of nitrogen functional groups attached to an aromatic ring is 1. The van der Waals surface area contributed by atoms with Crippen molar-refractivity contribution in [2.45, 2.75) is 6.92 Å². The summed E-state index contributed by atoms with van der Waals surface area (Å²) >= 11 is 0. The van der Waals surface area contributed by atoms with Gasteiger partial charge in [0.1, 0.15) is 11.5 Å². The Labute approximate surface area is 166 Å². The maximum Gasteiger partial charge on any atom is 0.153 e. The molecule has 0 bridgehead atoms. The lowest BCUT2D eigenvalue weighted by atomic mass is 10.1. The Morgan fingerprint density at radius 1 is 1.00 bits per heavy atom. The molecular formula is C22H18N4O3. The van der Waals surface area contributed by atoms with Gasteiger partial charge in [0, 0.05) is 10.8 Å². The van der Waals surface area contributed by atoms with Crippen molar-refractivity contribution >= 4 is 45.2 Å². The van der Waals surface area contributed by atoms with Crippen LogP contribution in [0.1, 0.15) is 17.3 Å². The number of carbonyl (C=O) groups excluding carboxylic acids is 1. The predicted octanol–water partition coefficient (Wildman–Crippen LogP) is 5.30. The molecule has 1 heterocycles. The van der Waals surface area contributed by atoms with Crippen molar-refractivity contribution in [3.63, 3.8) is 0 Å². The van der Waals surface area contributed by atoms with Crippen LogP contribution in [0.3, 0.4) is 0 Å². The molecule has 3 N–H and O–H groups in total. The van der Waals surface area contributed by atoms with Gasteiger partial charge in [-0.25, -0.2) is 4.98 Å². The zero-order valence-corrected chi connectivity index (χ0v) is 15.7. The van der Waals surface area contributed by atoms with Gasteiger partial charge in [-0.05, 0) is 61.5 Å². The molecule has 0 atom stereocenters. The molecule has 144 valence electrons. The second kappa shape index (κ2) is 7.55. The summed E-state index contributed by atoms with van der Waals surface area (Å²) in [5.74, 6) is 0.658. The topological polar surface area (TPSA) is 110 Å². The largest absolute Gasteiger partial charge is 0.507 e. The molecule has 0 saturated carbocycles. The van der Waals surface area contributed by atoms with Gasteiger partial charge in [-0.1, -0.05) is 0 Å². The van der Waals surface area contributed by atoms with Crippen LogP contribution >= 0.6 is 0 Å². The first-order valence-electron chi connectivity index (χ1n) is 9.05. The molecule has 0 saturated heterocycles. The number of azo groups is 1. The number of pyridine rings is 1. The van der Waals surface area contributed by atoms with E-state index in [1.54, 1.807) is 18.2 Å². The minimum absolute atomic E-state index is 0.0938. The van der Waals surface area contributed by atoms with Crippen LogP contribution in [0.4, 0.5) is 17.1 Å². The Hall–Kier alpha value is -4.00. The average molecular weight is 386 g/mol. The Morgan fingerprint density at radius 3 is 2.52 bits per heavy atom. The SMILES string of the molecule is CCOc1ccc2nc3cc(/N=N/c4ccc(O)c(C=O)c4)ccc3c(N)c2c1. The number of nitrogens with zero attached hydrogens (tertiary/aromatic N) is 3. The first kappa shape index (κ1) is 18.4. The van der Waals surface area contributed by atoms with Gasteiger partial charge >= 0.3 is 0 Å². The minimum atomic E-state index is -0.0938. The Balaban J connectivity index is 1.73. The second-order valence-electron chi connectivity index (χ2n) is 6.40. The van der Waals surface area contributed by atoms with E-state index in [-0.39, 0.29) is 11.3 Å². The highest BCUT2D eigenvalue weighted by Crippen LogP contribution is 2.33. The highest BCUT2D eigenvalue weighted by Gasteiger charge is 2.09. The third-order valence-corrected chi connectivity index (χ3v) is 4.50. The molecule has 3 aromatic carbocycles. The summed E-state index contributed by atoms with van der Waals surface area (Å²) in [6.07, 6.45) is 0.569. The molecular weight excluding hydrogens is 368 g/mol. The number of aromatic nitrogens is 1. The molecule has 0 fully saturated rings. The molecule has 4 rings (SSSR count). The summed E-state index contributed by atoms with van der Waals surface area (Å²) in [5, 5.41) is 19.6. The number of benzene rings is 3. The monoisotopic (exact) mass is 386 g/mol. The molecule has 0 spiro atoms. The smallest absolute Gasteiger partial charge is 0.153 e. The lowest BCUT2D eigenvalue weighted by Crippen LogP contribution is -1.95. The number of phenolic OH excluding ortho intramolecular Hbond substituents is 1. The lowest BCUT2D eigenvalue weighted by molar-refractivity contribution is 0.112. The first-order valence-corrected chi connectivity index (χ1v) is 9.05. The van der Waals surface area contributed by atoms with Crippen LogP contribution in [0, 0.1) is 0 Å². The normalized spacial score (nSPS) is 11.3. The molecule has 0 aliphatic rings. The maximum absolute atomic E-state index is 10.9. The molecule has 7 nitrogen and oxygen atoms in total. The second-order valence-corrected chi connectivity index (χ2v) is 6.40. The van der Waals surface area contributed by atoms with Gasteiger partial charge < -0.3 is 15.6 Å². The maximum atomic E-state index is 10.9. The van der Waals surface area contributed by atoms with Crippen LogP contribution in [0.25, 0.3) is 21.8 Å². The van der Waals surface area contributed by atoms with E-state index >= 15 is 0 Å². The average Bonchev–Trinajstić information content (AvgIpc) is 2.74. The van der Waals surface area contributed by atoms with E-state index in [9.17, 15) is 9.90 Å². The molecule has 0 unspecified atom stereocenters.